The number of ketones is 1. The average molecular weight is 443 g/mol. The fourth-order valence-electron chi connectivity index (χ4n) is 0.822. The third kappa shape index (κ3) is 68.6. The Morgan fingerprint density at radius 2 is 1.20 bits per heavy atom. The number of Topliss-reactive ketones (excluding diaryl/α,β-unsaturated/α-hetero) is 1. The summed E-state index contributed by atoms with van der Waals surface area (Å²) in [6.07, 6.45) is 7.46. The van der Waals surface area contributed by atoms with E-state index in [0.29, 0.717) is 26.4 Å². The number of hydrogen-bond donors (Lipinski definition) is 3. The van der Waals surface area contributed by atoms with Crippen molar-refractivity contribution in [3.05, 3.63) is 0 Å². The Balaban J connectivity index is -0.0000000733. The molecule has 0 rings (SSSR count). The zero-order valence-electron chi connectivity index (χ0n) is 16.6. The molecule has 0 spiro atoms. The van der Waals surface area contributed by atoms with E-state index in [9.17, 15) is 9.59 Å². The van der Waals surface area contributed by atoms with Gasteiger partial charge in [0.2, 0.25) is 0 Å². The standard InChI is InChI=1S/C6H9O3.3C4H10O.Zr/c1-2-9-5-6(8)3-4-7;3*1-2-3-4-5;/h2-3,5H2,1H3;3*5H,2-4H2,1H3;/q-1;;;;. The van der Waals surface area contributed by atoms with Crippen LogP contribution in [0.3, 0.4) is 0 Å². The Morgan fingerprint density at radius 3 is 1.36 bits per heavy atom. The summed E-state index contributed by atoms with van der Waals surface area (Å²) in [5.74, 6) is -0.216. The normalized spacial score (nSPS) is 8.28. The van der Waals surface area contributed by atoms with Crippen molar-refractivity contribution in [2.24, 2.45) is 0 Å². The quantitative estimate of drug-likeness (QED) is 0.335. The summed E-state index contributed by atoms with van der Waals surface area (Å²) >= 11 is 0. The van der Waals surface area contributed by atoms with Gasteiger partial charge in [-0.15, -0.1) is 0 Å². The fourth-order valence-corrected chi connectivity index (χ4v) is 0.822. The average Bonchev–Trinajstić information content (AvgIpc) is 2.57. The molecular formula is C18H39O6Zr-. The fraction of sp³-hybridized carbons (Fsp3) is 0.889. The van der Waals surface area contributed by atoms with Crippen molar-refractivity contribution in [1.29, 1.82) is 0 Å². The van der Waals surface area contributed by atoms with Gasteiger partial charge < -0.3 is 24.9 Å². The molecule has 0 unspecified atom stereocenters. The molecular weight excluding hydrogens is 403 g/mol. The van der Waals surface area contributed by atoms with E-state index in [-0.39, 0.29) is 45.0 Å². The first-order valence-electron chi connectivity index (χ1n) is 8.82. The molecule has 0 aromatic heterocycles. The second-order valence-electron chi connectivity index (χ2n) is 4.73. The SMILES string of the molecule is CCCCO.CCCCO.CCCCO.CCOCC(=O)C[C-]=O.[Zr]. The minimum Gasteiger partial charge on any atom is -0.541 e. The van der Waals surface area contributed by atoms with Gasteiger partial charge in [0.1, 0.15) is 12.4 Å². The van der Waals surface area contributed by atoms with E-state index in [1.807, 2.05) is 0 Å². The van der Waals surface area contributed by atoms with Crippen LogP contribution >= 0.6 is 0 Å². The third-order valence-electron chi connectivity index (χ3n) is 2.27. The molecule has 0 aliphatic heterocycles. The van der Waals surface area contributed by atoms with Crippen molar-refractivity contribution in [1.82, 2.24) is 0 Å². The van der Waals surface area contributed by atoms with Gasteiger partial charge in [0, 0.05) is 52.6 Å². The number of aliphatic hydroxyl groups excluding tert-OH is 3. The van der Waals surface area contributed by atoms with Gasteiger partial charge in [0.05, 0.1) is 0 Å². The molecule has 0 saturated carbocycles. The molecule has 6 nitrogen and oxygen atoms in total. The van der Waals surface area contributed by atoms with Crippen LogP contribution in [0.1, 0.15) is 72.6 Å². The number of unbranched alkanes of at least 4 members (excludes halogenated alkanes) is 3. The second kappa shape index (κ2) is 44.0. The molecule has 0 aliphatic carbocycles. The molecule has 0 radical (unpaired) electrons. The van der Waals surface area contributed by atoms with E-state index >= 15 is 0 Å². The van der Waals surface area contributed by atoms with Crippen LogP contribution in [0.25, 0.3) is 0 Å². The molecule has 3 N–H and O–H groups in total. The van der Waals surface area contributed by atoms with Gasteiger partial charge in [-0.1, -0.05) is 46.5 Å². The van der Waals surface area contributed by atoms with Crippen molar-refractivity contribution >= 4 is 12.1 Å². The number of carbonyl (C=O) groups is 1. The summed E-state index contributed by atoms with van der Waals surface area (Å²) < 4.78 is 4.72. The first kappa shape index (κ1) is 36.1. The van der Waals surface area contributed by atoms with Crippen LogP contribution in [-0.4, -0.2) is 60.4 Å². The van der Waals surface area contributed by atoms with Crippen molar-refractivity contribution in [2.45, 2.75) is 72.6 Å². The second-order valence-corrected chi connectivity index (χ2v) is 4.73. The predicted octanol–water partition coefficient (Wildman–Crippen LogP) is 2.43. The van der Waals surface area contributed by atoms with Gasteiger partial charge in [-0.05, 0) is 26.2 Å². The summed E-state index contributed by atoms with van der Waals surface area (Å²) in [5, 5.41) is 24.2. The third-order valence-corrected chi connectivity index (χ3v) is 2.27. The molecule has 0 aliphatic rings. The van der Waals surface area contributed by atoms with Crippen LogP contribution in [0.4, 0.5) is 0 Å². The van der Waals surface area contributed by atoms with Gasteiger partial charge in [0.25, 0.3) is 0 Å². The Labute approximate surface area is 173 Å². The van der Waals surface area contributed by atoms with E-state index in [1.165, 1.54) is 6.29 Å². The van der Waals surface area contributed by atoms with Crippen molar-refractivity contribution in [3.63, 3.8) is 0 Å². The van der Waals surface area contributed by atoms with Gasteiger partial charge >= 0.3 is 0 Å². The van der Waals surface area contributed by atoms with E-state index in [2.05, 4.69) is 20.8 Å². The first-order chi connectivity index (χ1) is 11.6. The summed E-state index contributed by atoms with van der Waals surface area (Å²) in [7, 11) is 0. The maximum absolute atomic E-state index is 10.4. The number of carbonyl (C=O) groups excluding carboxylic acids is 2. The summed E-state index contributed by atoms with van der Waals surface area (Å²) in [6.45, 7) is 9.51. The van der Waals surface area contributed by atoms with Crippen molar-refractivity contribution in [3.8, 4) is 0 Å². The van der Waals surface area contributed by atoms with Crippen LogP contribution in [0, 0.1) is 0 Å². The molecule has 7 heteroatoms. The summed E-state index contributed by atoms with van der Waals surface area (Å²) in [4.78, 5) is 20.0. The van der Waals surface area contributed by atoms with Crippen LogP contribution < -0.4 is 0 Å². The molecule has 0 fully saturated rings. The molecule has 152 valence electrons. The topological polar surface area (TPSA) is 104 Å². The van der Waals surface area contributed by atoms with Crippen LogP contribution in [0.15, 0.2) is 0 Å². The van der Waals surface area contributed by atoms with Gasteiger partial charge in [-0.25, -0.2) is 0 Å². The molecule has 25 heavy (non-hydrogen) atoms. The molecule has 0 saturated heterocycles. The predicted molar refractivity (Wildman–Crippen MR) is 97.8 cm³/mol. The minimum atomic E-state index is -0.216. The van der Waals surface area contributed by atoms with E-state index in [1.54, 1.807) is 6.92 Å². The number of hydrogen-bond acceptors (Lipinski definition) is 6. The zero-order valence-corrected chi connectivity index (χ0v) is 19.0. The van der Waals surface area contributed by atoms with E-state index in [4.69, 9.17) is 20.1 Å². The zero-order chi connectivity index (χ0) is 19.5. The van der Waals surface area contributed by atoms with Crippen molar-refractivity contribution < 1.29 is 55.8 Å². The maximum atomic E-state index is 10.4. The number of ether oxygens (including phenoxy) is 1. The largest absolute Gasteiger partial charge is 0.541 e. The van der Waals surface area contributed by atoms with Crippen LogP contribution in [0.2, 0.25) is 0 Å². The van der Waals surface area contributed by atoms with E-state index < -0.39 is 0 Å². The van der Waals surface area contributed by atoms with Gasteiger partial charge in [0.15, 0.2) is 0 Å². The Bertz CT molecular complexity index is 195. The Kier molecular flexibility index (Phi) is 63.4. The van der Waals surface area contributed by atoms with Gasteiger partial charge in [-0.3, -0.25) is 11.1 Å². The molecule has 0 bridgehead atoms. The Hall–Kier alpha value is 0.0631. The Morgan fingerprint density at radius 1 is 0.840 bits per heavy atom. The molecule has 0 heterocycles. The monoisotopic (exact) mass is 441 g/mol. The molecule has 0 atom stereocenters. The van der Waals surface area contributed by atoms with E-state index in [0.717, 1.165) is 38.5 Å². The van der Waals surface area contributed by atoms with Crippen LogP contribution in [-0.2, 0) is 40.5 Å². The summed E-state index contributed by atoms with van der Waals surface area (Å²) in [5.41, 5.74) is 0. The molecule has 0 aromatic rings. The molecule has 0 amide bonds. The maximum Gasteiger partial charge on any atom is 0.132 e. The minimum absolute atomic E-state index is 0. The van der Waals surface area contributed by atoms with Crippen molar-refractivity contribution in [2.75, 3.05) is 33.0 Å². The number of aliphatic hydroxyl groups is 3. The summed E-state index contributed by atoms with van der Waals surface area (Å²) in [6, 6.07) is 0. The molecule has 0 aromatic carbocycles. The smallest absolute Gasteiger partial charge is 0.132 e. The van der Waals surface area contributed by atoms with Gasteiger partial charge in [-0.2, -0.15) is 0 Å². The first-order valence-corrected chi connectivity index (χ1v) is 8.82. The number of rotatable bonds is 11. The van der Waals surface area contributed by atoms with Crippen LogP contribution in [0.5, 0.6) is 0 Å².